The molecule has 5 unspecified atom stereocenters. The van der Waals surface area contributed by atoms with Gasteiger partial charge in [0.05, 0.1) is 23.4 Å². The van der Waals surface area contributed by atoms with Crippen LogP contribution in [-0.4, -0.2) is 101 Å². The Kier molecular flexibility index (Phi) is 10.1. The Morgan fingerprint density at radius 2 is 1.82 bits per heavy atom. The van der Waals surface area contributed by atoms with Crippen molar-refractivity contribution in [3.05, 3.63) is 22.7 Å². The molecule has 2 rings (SSSR count). The van der Waals surface area contributed by atoms with Crippen LogP contribution in [0.25, 0.3) is 0 Å². The average Bonchev–Trinajstić information content (AvgIpc) is 2.80. The third-order valence-electron chi connectivity index (χ3n) is 5.24. The van der Waals surface area contributed by atoms with E-state index in [2.05, 4.69) is 15.7 Å². The zero-order chi connectivity index (χ0) is 24.7. The van der Waals surface area contributed by atoms with Crippen LogP contribution in [0.15, 0.2) is 12.1 Å². The first-order valence-corrected chi connectivity index (χ1v) is 10.7. The molecular formula is C20H30ClN3O9. The van der Waals surface area contributed by atoms with E-state index >= 15 is 0 Å². The number of methoxy groups -OCH3 is 1. The van der Waals surface area contributed by atoms with Crippen LogP contribution in [-0.2, 0) is 14.4 Å². The second-order valence-corrected chi connectivity index (χ2v) is 7.68. The standard InChI is InChI=1S/C20H30ClN3O9/c1-4-24(5-2)7-6-22-18(28)10-8-11(21)12(9-13(10)31-3)23-33-20-16(27)14(25)15(26)17(32-20)19(29)30/h8-9,14-17,20,23,25-27H,4-7H2,1-3H3,(H,22,28)(H,29,30). The van der Waals surface area contributed by atoms with Crippen LogP contribution in [0.2, 0.25) is 5.02 Å². The van der Waals surface area contributed by atoms with Crippen LogP contribution in [0.1, 0.15) is 24.2 Å². The van der Waals surface area contributed by atoms with Gasteiger partial charge in [-0.05, 0) is 19.2 Å². The van der Waals surface area contributed by atoms with Crippen molar-refractivity contribution < 1.29 is 44.3 Å². The number of rotatable bonds is 11. The monoisotopic (exact) mass is 491 g/mol. The molecule has 0 aliphatic carbocycles. The molecule has 12 nitrogen and oxygen atoms in total. The molecule has 1 heterocycles. The summed E-state index contributed by atoms with van der Waals surface area (Å²) in [5, 5.41) is 41.6. The predicted octanol–water partition coefficient (Wildman–Crippen LogP) is -0.344. The lowest BCUT2D eigenvalue weighted by Crippen LogP contribution is -2.60. The molecule has 1 fully saturated rings. The number of hydrogen-bond acceptors (Lipinski definition) is 10. The Morgan fingerprint density at radius 3 is 2.39 bits per heavy atom. The number of likely N-dealkylation sites (N-methyl/N-ethyl adjacent to an activating group) is 1. The number of aliphatic hydroxyl groups excluding tert-OH is 3. The fourth-order valence-corrected chi connectivity index (χ4v) is 3.41. The van der Waals surface area contributed by atoms with E-state index in [-0.39, 0.29) is 27.9 Å². The van der Waals surface area contributed by atoms with E-state index in [9.17, 15) is 24.9 Å². The minimum atomic E-state index is -1.85. The van der Waals surface area contributed by atoms with Crippen molar-refractivity contribution in [2.75, 3.05) is 38.8 Å². The number of nitrogens with one attached hydrogen (secondary N) is 2. The Morgan fingerprint density at radius 1 is 1.15 bits per heavy atom. The molecule has 186 valence electrons. The molecule has 0 spiro atoms. The van der Waals surface area contributed by atoms with Gasteiger partial charge in [0.2, 0.25) is 6.29 Å². The lowest BCUT2D eigenvalue weighted by Gasteiger charge is -2.38. The number of hydrogen-bond donors (Lipinski definition) is 6. The van der Waals surface area contributed by atoms with Gasteiger partial charge < -0.3 is 40.1 Å². The van der Waals surface area contributed by atoms with Crippen molar-refractivity contribution in [2.45, 2.75) is 44.6 Å². The van der Waals surface area contributed by atoms with Crippen LogP contribution in [0.3, 0.4) is 0 Å². The number of halogens is 1. The molecule has 5 atom stereocenters. The molecule has 1 aromatic carbocycles. The number of benzene rings is 1. The van der Waals surface area contributed by atoms with E-state index in [0.29, 0.717) is 13.1 Å². The summed E-state index contributed by atoms with van der Waals surface area (Å²) in [6.45, 7) is 6.91. The van der Waals surface area contributed by atoms with E-state index in [4.69, 9.17) is 31.0 Å². The summed E-state index contributed by atoms with van der Waals surface area (Å²) in [6.07, 6.45) is -8.88. The Hall–Kier alpha value is -2.19. The molecule has 1 saturated heterocycles. The molecule has 1 aliphatic heterocycles. The Balaban J connectivity index is 2.08. The SMILES string of the molecule is CCN(CC)CCNC(=O)c1cc(Cl)c(NOC2OC(C(=O)O)C(O)C(O)C2O)cc1OC. The second-order valence-electron chi connectivity index (χ2n) is 7.27. The number of ether oxygens (including phenoxy) is 2. The van der Waals surface area contributed by atoms with Crippen LogP contribution < -0.4 is 15.5 Å². The smallest absolute Gasteiger partial charge is 0.335 e. The maximum Gasteiger partial charge on any atom is 0.335 e. The first-order valence-electron chi connectivity index (χ1n) is 10.4. The van der Waals surface area contributed by atoms with Crippen LogP contribution in [0.4, 0.5) is 5.69 Å². The van der Waals surface area contributed by atoms with E-state index in [1.807, 2.05) is 13.8 Å². The summed E-state index contributed by atoms with van der Waals surface area (Å²) in [6, 6.07) is 2.73. The van der Waals surface area contributed by atoms with Gasteiger partial charge in [0.15, 0.2) is 6.10 Å². The van der Waals surface area contributed by atoms with Gasteiger partial charge >= 0.3 is 5.97 Å². The molecule has 0 aromatic heterocycles. The van der Waals surface area contributed by atoms with Crippen LogP contribution in [0, 0.1) is 0 Å². The van der Waals surface area contributed by atoms with Crippen LogP contribution >= 0.6 is 11.6 Å². The normalized spacial score (nSPS) is 25.0. The largest absolute Gasteiger partial charge is 0.496 e. The predicted molar refractivity (Wildman–Crippen MR) is 117 cm³/mol. The summed E-state index contributed by atoms with van der Waals surface area (Å²) in [7, 11) is 1.36. The van der Waals surface area contributed by atoms with Gasteiger partial charge in [0.1, 0.15) is 24.1 Å². The van der Waals surface area contributed by atoms with Gasteiger partial charge in [-0.2, -0.15) is 0 Å². The van der Waals surface area contributed by atoms with E-state index in [0.717, 1.165) is 13.1 Å². The summed E-state index contributed by atoms with van der Waals surface area (Å²) >= 11 is 6.24. The van der Waals surface area contributed by atoms with Gasteiger partial charge in [0, 0.05) is 19.2 Å². The third kappa shape index (κ3) is 6.67. The highest BCUT2D eigenvalue weighted by Crippen LogP contribution is 2.32. The topological polar surface area (TPSA) is 170 Å². The number of anilines is 1. The highest BCUT2D eigenvalue weighted by Gasteiger charge is 2.47. The van der Waals surface area contributed by atoms with Gasteiger partial charge in [0.25, 0.3) is 5.91 Å². The van der Waals surface area contributed by atoms with Crippen molar-refractivity contribution >= 4 is 29.2 Å². The molecule has 33 heavy (non-hydrogen) atoms. The molecular weight excluding hydrogens is 462 g/mol. The van der Waals surface area contributed by atoms with Crippen LogP contribution in [0.5, 0.6) is 5.75 Å². The fraction of sp³-hybridized carbons (Fsp3) is 0.600. The Labute approximate surface area is 195 Å². The number of aliphatic carboxylic acids is 1. The quantitative estimate of drug-likeness (QED) is 0.224. The van der Waals surface area contributed by atoms with E-state index < -0.39 is 36.7 Å². The highest BCUT2D eigenvalue weighted by atomic mass is 35.5. The van der Waals surface area contributed by atoms with Gasteiger partial charge in [-0.15, -0.1) is 0 Å². The van der Waals surface area contributed by atoms with Crippen molar-refractivity contribution in [2.24, 2.45) is 0 Å². The van der Waals surface area contributed by atoms with E-state index in [1.54, 1.807) is 0 Å². The van der Waals surface area contributed by atoms with E-state index in [1.165, 1.54) is 19.2 Å². The minimum absolute atomic E-state index is 0.0605. The summed E-state index contributed by atoms with van der Waals surface area (Å²) in [5.41, 5.74) is 2.71. The zero-order valence-electron chi connectivity index (χ0n) is 18.5. The molecule has 13 heteroatoms. The summed E-state index contributed by atoms with van der Waals surface area (Å²) in [5.74, 6) is -1.76. The lowest BCUT2D eigenvalue weighted by molar-refractivity contribution is -0.287. The summed E-state index contributed by atoms with van der Waals surface area (Å²) < 4.78 is 10.3. The third-order valence-corrected chi connectivity index (χ3v) is 5.55. The second kappa shape index (κ2) is 12.3. The number of aliphatic hydroxyl groups is 3. The number of nitrogens with zero attached hydrogens (tertiary/aromatic N) is 1. The maximum atomic E-state index is 12.6. The van der Waals surface area contributed by atoms with Crippen molar-refractivity contribution in [1.82, 2.24) is 10.2 Å². The van der Waals surface area contributed by atoms with Crippen molar-refractivity contribution in [1.29, 1.82) is 0 Å². The first-order chi connectivity index (χ1) is 15.6. The van der Waals surface area contributed by atoms with Crippen molar-refractivity contribution in [3.63, 3.8) is 0 Å². The highest BCUT2D eigenvalue weighted by molar-refractivity contribution is 6.33. The van der Waals surface area contributed by atoms with Gasteiger partial charge in [-0.3, -0.25) is 10.3 Å². The number of carbonyl (C=O) groups excluding carboxylic acids is 1. The van der Waals surface area contributed by atoms with Gasteiger partial charge in [-0.25, -0.2) is 9.63 Å². The molecule has 0 radical (unpaired) electrons. The molecule has 0 saturated carbocycles. The number of carboxylic acids is 1. The molecule has 1 aromatic rings. The zero-order valence-corrected chi connectivity index (χ0v) is 19.3. The number of carbonyl (C=O) groups is 2. The minimum Gasteiger partial charge on any atom is -0.496 e. The first kappa shape index (κ1) is 27.1. The van der Waals surface area contributed by atoms with Crippen molar-refractivity contribution in [3.8, 4) is 5.75 Å². The van der Waals surface area contributed by atoms with Gasteiger partial charge in [-0.1, -0.05) is 25.4 Å². The Bertz CT molecular complexity index is 824. The summed E-state index contributed by atoms with van der Waals surface area (Å²) in [4.78, 5) is 31.1. The molecule has 1 aliphatic rings. The fourth-order valence-electron chi connectivity index (χ4n) is 3.21. The molecule has 1 amide bonds. The average molecular weight is 492 g/mol. The number of carboxylic acid groups (broad SMARTS) is 1. The molecule has 0 bridgehead atoms. The maximum absolute atomic E-state index is 12.6. The molecule has 6 N–H and O–H groups in total. The number of amides is 1. The lowest BCUT2D eigenvalue weighted by atomic mass is 9.99.